The Bertz CT molecular complexity index is 2780. The molecule has 13 heteroatoms. The minimum atomic E-state index is -0.407. The Kier molecular flexibility index (Phi) is 13.6. The zero-order valence-electron chi connectivity index (χ0n) is 35.1. The van der Waals surface area contributed by atoms with Gasteiger partial charge < -0.3 is 20.0 Å². The number of benzene rings is 4. The fraction of sp³-hybridized carbons (Fsp3) is 0.200. The molecule has 4 aromatic carbocycles. The van der Waals surface area contributed by atoms with Gasteiger partial charge in [0.2, 0.25) is 0 Å². The number of hydrogen-bond acceptors (Lipinski definition) is 11. The number of rotatable bonds is 6. The molecule has 0 aliphatic carbocycles. The minimum absolute atomic E-state index is 0.0733. The highest BCUT2D eigenvalue weighted by Gasteiger charge is 2.30. The van der Waals surface area contributed by atoms with Crippen molar-refractivity contribution in [2.24, 2.45) is 0 Å². The fourth-order valence-electron chi connectivity index (χ4n) is 7.96. The standard InChI is InChI=1S/C25H23N5O.C18H19N5.C7H5ClO/c1-18-17-29(25(31)20-10-6-3-7-11-20)14-15-30(18)24-22-16-26-13-12-21(22)23(27-28-24)19-8-4-2-5-9-19;1-13-11-20-9-10-23(13)18-16-12-19-8-7-15(16)17(21-22-18)14-5-3-2-4-6-14;8-7(9)6-4-2-1-3-5-6/h2-13,16,18H,14-15,17H2,1H3;2-8,12-13,20H,9-11H2,1H3;1-5H/t18-;13-;/m11./s1. The third-order valence-corrected chi connectivity index (χ3v) is 11.4. The Morgan fingerprint density at radius 2 is 1.03 bits per heavy atom. The molecule has 0 bridgehead atoms. The molecule has 8 aromatic rings. The Labute approximate surface area is 371 Å². The number of carbonyl (C=O) groups is 2. The molecule has 2 saturated heterocycles. The highest BCUT2D eigenvalue weighted by molar-refractivity contribution is 6.67. The molecule has 1 N–H and O–H groups in total. The second kappa shape index (κ2) is 20.1. The molecule has 2 atom stereocenters. The summed E-state index contributed by atoms with van der Waals surface area (Å²) in [6.45, 7) is 9.17. The monoisotopic (exact) mass is 854 g/mol. The Morgan fingerprint density at radius 1 is 0.556 bits per heavy atom. The molecule has 0 radical (unpaired) electrons. The maximum atomic E-state index is 12.9. The van der Waals surface area contributed by atoms with Gasteiger partial charge in [0, 0.05) is 120 Å². The molecule has 2 aliphatic rings. The topological polar surface area (TPSA) is 133 Å². The molecule has 2 fully saturated rings. The van der Waals surface area contributed by atoms with Crippen molar-refractivity contribution < 1.29 is 9.59 Å². The number of amides is 1. The number of aromatic nitrogens is 6. The van der Waals surface area contributed by atoms with Crippen LogP contribution in [0.2, 0.25) is 0 Å². The van der Waals surface area contributed by atoms with E-state index in [4.69, 9.17) is 11.6 Å². The largest absolute Gasteiger partial charge is 0.349 e. The quantitative estimate of drug-likeness (QED) is 0.161. The summed E-state index contributed by atoms with van der Waals surface area (Å²) in [5, 5.41) is 25.5. The van der Waals surface area contributed by atoms with Gasteiger partial charge >= 0.3 is 0 Å². The van der Waals surface area contributed by atoms with Crippen LogP contribution in [-0.2, 0) is 0 Å². The molecule has 0 unspecified atom stereocenters. The second-order valence-electron chi connectivity index (χ2n) is 15.4. The number of hydrogen-bond donors (Lipinski definition) is 1. The number of pyridine rings is 2. The summed E-state index contributed by atoms with van der Waals surface area (Å²) in [5.41, 5.74) is 5.14. The van der Waals surface area contributed by atoms with Gasteiger partial charge in [-0.1, -0.05) is 109 Å². The molecule has 6 heterocycles. The van der Waals surface area contributed by atoms with Crippen LogP contribution in [0.1, 0.15) is 34.6 Å². The van der Waals surface area contributed by atoms with Gasteiger partial charge in [0.25, 0.3) is 11.1 Å². The number of nitrogens with one attached hydrogen (secondary N) is 1. The highest BCUT2D eigenvalue weighted by Crippen LogP contribution is 2.33. The van der Waals surface area contributed by atoms with E-state index in [1.807, 2.05) is 121 Å². The summed E-state index contributed by atoms with van der Waals surface area (Å²) in [6, 6.07) is 43.0. The zero-order valence-corrected chi connectivity index (χ0v) is 35.9. The molecule has 316 valence electrons. The van der Waals surface area contributed by atoms with Crippen molar-refractivity contribution >= 4 is 55.9 Å². The number of piperazine rings is 2. The van der Waals surface area contributed by atoms with Crippen molar-refractivity contribution in [3.8, 4) is 22.5 Å². The lowest BCUT2D eigenvalue weighted by molar-refractivity contribution is 0.0726. The smallest absolute Gasteiger partial charge is 0.253 e. The first kappa shape index (κ1) is 42.5. The molecule has 2 aliphatic heterocycles. The lowest BCUT2D eigenvalue weighted by atomic mass is 10.1. The van der Waals surface area contributed by atoms with Crippen molar-refractivity contribution in [3.63, 3.8) is 0 Å². The first-order chi connectivity index (χ1) is 30.9. The predicted octanol–water partition coefficient (Wildman–Crippen LogP) is 8.60. The number of fused-ring (bicyclic) bond motifs is 2. The van der Waals surface area contributed by atoms with E-state index in [2.05, 4.69) is 71.5 Å². The van der Waals surface area contributed by atoms with Gasteiger partial charge in [-0.15, -0.1) is 20.4 Å². The van der Waals surface area contributed by atoms with Gasteiger partial charge in [-0.25, -0.2) is 0 Å². The second-order valence-corrected chi connectivity index (χ2v) is 15.7. The van der Waals surface area contributed by atoms with E-state index < -0.39 is 5.24 Å². The van der Waals surface area contributed by atoms with Crippen LogP contribution in [0.4, 0.5) is 11.6 Å². The lowest BCUT2D eigenvalue weighted by Gasteiger charge is -2.40. The summed E-state index contributed by atoms with van der Waals surface area (Å²) in [7, 11) is 0. The number of carbonyl (C=O) groups excluding carboxylic acids is 2. The number of anilines is 2. The minimum Gasteiger partial charge on any atom is -0.349 e. The SMILES string of the molecule is C[C@@H]1CN(C(=O)c2ccccc2)CCN1c1nnc(-c2ccccc2)c2ccncc12.C[C@@H]1CNCCN1c1nnc(-c2ccccc2)c2ccncc12.O=C(Cl)c1ccccc1. The molecule has 10 rings (SSSR count). The Hall–Kier alpha value is -7.15. The van der Waals surface area contributed by atoms with Crippen LogP contribution in [0.3, 0.4) is 0 Å². The van der Waals surface area contributed by atoms with Crippen LogP contribution >= 0.6 is 11.6 Å². The third kappa shape index (κ3) is 9.83. The molecule has 63 heavy (non-hydrogen) atoms. The van der Waals surface area contributed by atoms with Gasteiger partial charge in [-0.3, -0.25) is 19.6 Å². The van der Waals surface area contributed by atoms with Gasteiger partial charge in [-0.05, 0) is 49.7 Å². The average molecular weight is 855 g/mol. The molecule has 1 amide bonds. The maximum absolute atomic E-state index is 12.9. The summed E-state index contributed by atoms with van der Waals surface area (Å²) in [6.07, 6.45) is 7.38. The van der Waals surface area contributed by atoms with Crippen molar-refractivity contribution in [2.45, 2.75) is 25.9 Å². The van der Waals surface area contributed by atoms with E-state index in [1.165, 1.54) is 0 Å². The van der Waals surface area contributed by atoms with Crippen LogP contribution in [0, 0.1) is 0 Å². The summed E-state index contributed by atoms with van der Waals surface area (Å²) in [5.74, 6) is 1.83. The van der Waals surface area contributed by atoms with Gasteiger partial charge in [0.05, 0.1) is 0 Å². The normalized spacial score (nSPS) is 16.1. The van der Waals surface area contributed by atoms with E-state index in [-0.39, 0.29) is 11.9 Å². The van der Waals surface area contributed by atoms with Crippen LogP contribution in [0.25, 0.3) is 44.1 Å². The van der Waals surface area contributed by atoms with E-state index in [0.29, 0.717) is 31.2 Å². The molecular formula is C50H47ClN10O2. The summed E-state index contributed by atoms with van der Waals surface area (Å²) >= 11 is 5.16. The van der Waals surface area contributed by atoms with Gasteiger partial charge in [0.1, 0.15) is 11.4 Å². The number of nitrogens with zero attached hydrogens (tertiary/aromatic N) is 9. The fourth-order valence-corrected chi connectivity index (χ4v) is 8.08. The van der Waals surface area contributed by atoms with E-state index in [0.717, 1.165) is 80.9 Å². The maximum Gasteiger partial charge on any atom is 0.253 e. The molecule has 4 aromatic heterocycles. The van der Waals surface area contributed by atoms with Crippen LogP contribution in [0.15, 0.2) is 158 Å². The first-order valence-electron chi connectivity index (χ1n) is 21.0. The summed E-state index contributed by atoms with van der Waals surface area (Å²) in [4.78, 5) is 38.4. The van der Waals surface area contributed by atoms with Crippen LogP contribution in [-0.4, -0.2) is 97.8 Å². The van der Waals surface area contributed by atoms with E-state index in [9.17, 15) is 9.59 Å². The average Bonchev–Trinajstić information content (AvgIpc) is 3.35. The third-order valence-electron chi connectivity index (χ3n) is 11.2. The molecule has 0 spiro atoms. The van der Waals surface area contributed by atoms with Gasteiger partial charge in [0.15, 0.2) is 11.6 Å². The van der Waals surface area contributed by atoms with Crippen LogP contribution in [0.5, 0.6) is 0 Å². The first-order valence-corrected chi connectivity index (χ1v) is 21.4. The highest BCUT2D eigenvalue weighted by atomic mass is 35.5. The molecule has 12 nitrogen and oxygen atoms in total. The molecule has 0 saturated carbocycles. The van der Waals surface area contributed by atoms with Gasteiger partial charge in [-0.2, -0.15) is 0 Å². The van der Waals surface area contributed by atoms with E-state index in [1.54, 1.807) is 30.5 Å². The van der Waals surface area contributed by atoms with Crippen molar-refractivity contribution in [2.75, 3.05) is 49.1 Å². The predicted molar refractivity (Wildman–Crippen MR) is 251 cm³/mol. The molecular weight excluding hydrogens is 808 g/mol. The van der Waals surface area contributed by atoms with Crippen LogP contribution < -0.4 is 15.1 Å². The summed E-state index contributed by atoms with van der Waals surface area (Å²) < 4.78 is 0. The Balaban J connectivity index is 0.000000149. The zero-order chi connectivity index (χ0) is 43.5. The van der Waals surface area contributed by atoms with Crippen molar-refractivity contribution in [1.82, 2.24) is 40.6 Å². The van der Waals surface area contributed by atoms with Crippen molar-refractivity contribution in [3.05, 3.63) is 169 Å². The Morgan fingerprint density at radius 3 is 1.49 bits per heavy atom. The number of halogens is 1. The van der Waals surface area contributed by atoms with Crippen molar-refractivity contribution in [1.29, 1.82) is 0 Å². The van der Waals surface area contributed by atoms with E-state index >= 15 is 0 Å². The lowest BCUT2D eigenvalue weighted by Crippen LogP contribution is -2.54.